The molecule has 3 aromatic rings. The van der Waals surface area contributed by atoms with Crippen molar-refractivity contribution < 1.29 is 9.52 Å². The second kappa shape index (κ2) is 8.09. The van der Waals surface area contributed by atoms with Gasteiger partial charge in [-0.25, -0.2) is 0 Å². The lowest BCUT2D eigenvalue weighted by molar-refractivity contribution is 0.209. The zero-order valence-corrected chi connectivity index (χ0v) is 17.0. The van der Waals surface area contributed by atoms with Crippen molar-refractivity contribution in [3.8, 4) is 11.3 Å². The van der Waals surface area contributed by atoms with Gasteiger partial charge in [-0.3, -0.25) is 4.98 Å². The monoisotopic (exact) mass is 433 g/mol. The average Bonchev–Trinajstić information content (AvgIpc) is 3.30. The number of aromatic nitrogens is 1. The molecule has 3 heterocycles. The number of halogens is 2. The second-order valence-corrected chi connectivity index (χ2v) is 7.58. The fourth-order valence-corrected chi connectivity index (χ4v) is 4.01. The summed E-state index contributed by atoms with van der Waals surface area (Å²) in [6, 6.07) is 14.5. The number of β-amino-alcohol motifs (C(OH)–C–C–N with tert-alkyl or cyclic N) is 1. The maximum atomic E-state index is 9.50. The number of hydrogen-bond donors (Lipinski definition) is 2. The third-order valence-corrected chi connectivity index (χ3v) is 5.75. The smallest absolute Gasteiger partial charge is 0.170 e. The van der Waals surface area contributed by atoms with Crippen LogP contribution < -0.4 is 5.32 Å². The molecule has 1 fully saturated rings. The van der Waals surface area contributed by atoms with Crippen LogP contribution >= 0.6 is 35.4 Å². The number of rotatable bonds is 5. The van der Waals surface area contributed by atoms with Gasteiger partial charge in [0.15, 0.2) is 5.11 Å². The van der Waals surface area contributed by atoms with Gasteiger partial charge in [-0.2, -0.15) is 0 Å². The Kier molecular flexibility index (Phi) is 5.55. The Morgan fingerprint density at radius 2 is 2.00 bits per heavy atom. The summed E-state index contributed by atoms with van der Waals surface area (Å²) in [5.41, 5.74) is 1.68. The Bertz CT molecular complexity index is 996. The summed E-state index contributed by atoms with van der Waals surface area (Å²) in [6.45, 7) is 0.371. The van der Waals surface area contributed by atoms with E-state index < -0.39 is 0 Å². The number of thiocarbonyl (C=S) groups is 1. The number of hydrogen-bond acceptors (Lipinski definition) is 4. The highest BCUT2D eigenvalue weighted by atomic mass is 35.5. The van der Waals surface area contributed by atoms with Gasteiger partial charge < -0.3 is 19.7 Å². The van der Waals surface area contributed by atoms with Crippen LogP contribution in [0.1, 0.15) is 23.5 Å². The molecule has 1 saturated heterocycles. The van der Waals surface area contributed by atoms with Crippen molar-refractivity contribution in [2.75, 3.05) is 13.2 Å². The molecule has 144 valence electrons. The second-order valence-electron chi connectivity index (χ2n) is 6.37. The Morgan fingerprint density at radius 3 is 2.71 bits per heavy atom. The molecule has 0 amide bonds. The molecular weight excluding hydrogens is 417 g/mol. The minimum atomic E-state index is -0.230. The van der Waals surface area contributed by atoms with E-state index in [4.69, 9.17) is 39.8 Å². The topological polar surface area (TPSA) is 61.5 Å². The van der Waals surface area contributed by atoms with Crippen LogP contribution in [0.15, 0.2) is 59.1 Å². The molecule has 8 heteroatoms. The number of benzene rings is 1. The highest BCUT2D eigenvalue weighted by Gasteiger charge is 2.41. The number of nitrogens with zero attached hydrogens (tertiary/aromatic N) is 2. The van der Waals surface area contributed by atoms with E-state index in [9.17, 15) is 5.11 Å². The molecular formula is C20H17Cl2N3O2S. The van der Waals surface area contributed by atoms with E-state index in [0.29, 0.717) is 27.5 Å². The van der Waals surface area contributed by atoms with E-state index in [-0.39, 0.29) is 18.7 Å². The van der Waals surface area contributed by atoms with Crippen LogP contribution in [0.3, 0.4) is 0 Å². The van der Waals surface area contributed by atoms with Gasteiger partial charge in [-0.05, 0) is 54.7 Å². The van der Waals surface area contributed by atoms with E-state index in [1.165, 1.54) is 0 Å². The minimum Gasteiger partial charge on any atom is -0.459 e. The van der Waals surface area contributed by atoms with Crippen molar-refractivity contribution in [1.82, 2.24) is 15.2 Å². The predicted octanol–water partition coefficient (Wildman–Crippen LogP) is 4.61. The van der Waals surface area contributed by atoms with Crippen LogP contribution in [0.2, 0.25) is 10.0 Å². The van der Waals surface area contributed by atoms with Gasteiger partial charge in [0.2, 0.25) is 0 Å². The number of furan rings is 1. The van der Waals surface area contributed by atoms with E-state index in [1.807, 2.05) is 41.3 Å². The first-order valence-electron chi connectivity index (χ1n) is 8.72. The molecule has 0 saturated carbocycles. The lowest BCUT2D eigenvalue weighted by Crippen LogP contribution is -2.32. The summed E-state index contributed by atoms with van der Waals surface area (Å²) in [4.78, 5) is 6.39. The SMILES string of the molecule is OCCN1C(=S)N[C@@H](c2ccccn2)[C@H]1c1ccc(-c2ccc(Cl)c(Cl)c2)o1. The van der Waals surface area contributed by atoms with Gasteiger partial charge in [0, 0.05) is 18.3 Å². The quantitative estimate of drug-likeness (QED) is 0.572. The van der Waals surface area contributed by atoms with Crippen molar-refractivity contribution in [2.24, 2.45) is 0 Å². The summed E-state index contributed by atoms with van der Waals surface area (Å²) < 4.78 is 6.17. The molecule has 0 radical (unpaired) electrons. The van der Waals surface area contributed by atoms with E-state index >= 15 is 0 Å². The Hall–Kier alpha value is -2.12. The van der Waals surface area contributed by atoms with Gasteiger partial charge in [0.25, 0.3) is 0 Å². The van der Waals surface area contributed by atoms with E-state index in [2.05, 4.69) is 10.3 Å². The molecule has 0 spiro atoms. The van der Waals surface area contributed by atoms with Crippen molar-refractivity contribution in [1.29, 1.82) is 0 Å². The van der Waals surface area contributed by atoms with E-state index in [1.54, 1.807) is 18.3 Å². The molecule has 28 heavy (non-hydrogen) atoms. The summed E-state index contributed by atoms with van der Waals surface area (Å²) in [5.74, 6) is 1.40. The van der Waals surface area contributed by atoms with Crippen LogP contribution in [0.4, 0.5) is 0 Å². The van der Waals surface area contributed by atoms with Crippen LogP contribution in [0, 0.1) is 0 Å². The predicted molar refractivity (Wildman–Crippen MR) is 113 cm³/mol. The van der Waals surface area contributed by atoms with Crippen molar-refractivity contribution in [2.45, 2.75) is 12.1 Å². The van der Waals surface area contributed by atoms with Crippen molar-refractivity contribution in [3.63, 3.8) is 0 Å². The summed E-state index contributed by atoms with van der Waals surface area (Å²) in [7, 11) is 0. The first kappa shape index (κ1) is 19.2. The Morgan fingerprint density at radius 1 is 1.14 bits per heavy atom. The third-order valence-electron chi connectivity index (χ3n) is 4.66. The van der Waals surface area contributed by atoms with Crippen LogP contribution in [-0.4, -0.2) is 33.3 Å². The van der Waals surface area contributed by atoms with Gasteiger partial charge in [-0.15, -0.1) is 0 Å². The molecule has 5 nitrogen and oxygen atoms in total. The zero-order chi connectivity index (χ0) is 19.7. The van der Waals surface area contributed by atoms with Gasteiger partial charge >= 0.3 is 0 Å². The lowest BCUT2D eigenvalue weighted by Gasteiger charge is -2.25. The van der Waals surface area contributed by atoms with Gasteiger partial charge in [-0.1, -0.05) is 29.3 Å². The van der Waals surface area contributed by atoms with Crippen LogP contribution in [-0.2, 0) is 0 Å². The summed E-state index contributed by atoms with van der Waals surface area (Å²) in [5, 5.41) is 14.3. The molecule has 4 rings (SSSR count). The zero-order valence-electron chi connectivity index (χ0n) is 14.7. The molecule has 0 aliphatic carbocycles. The molecule has 1 aliphatic rings. The minimum absolute atomic E-state index is 0.0202. The first-order chi connectivity index (χ1) is 13.6. The Labute approximate surface area is 177 Å². The van der Waals surface area contributed by atoms with Gasteiger partial charge in [0.05, 0.1) is 28.4 Å². The van der Waals surface area contributed by atoms with Gasteiger partial charge in [0.1, 0.15) is 17.6 Å². The molecule has 2 N–H and O–H groups in total. The number of nitrogens with one attached hydrogen (secondary N) is 1. The third kappa shape index (κ3) is 3.61. The maximum Gasteiger partial charge on any atom is 0.170 e. The molecule has 1 aliphatic heterocycles. The van der Waals surface area contributed by atoms with Crippen molar-refractivity contribution in [3.05, 3.63) is 76.2 Å². The van der Waals surface area contributed by atoms with Crippen LogP contribution in [0.25, 0.3) is 11.3 Å². The Balaban J connectivity index is 1.72. The lowest BCUT2D eigenvalue weighted by atomic mass is 10.0. The molecule has 2 atom stereocenters. The standard InChI is InChI=1S/C20H17Cl2N3O2S/c21-13-5-4-12(11-14(13)22)16-6-7-17(27-16)19-18(15-3-1-2-8-23-15)24-20(28)25(19)9-10-26/h1-8,11,18-19,26H,9-10H2,(H,24,28)/t18-,19+/m0/s1. The number of aliphatic hydroxyl groups excluding tert-OH is 1. The highest BCUT2D eigenvalue weighted by molar-refractivity contribution is 7.80. The van der Waals surface area contributed by atoms with Crippen molar-refractivity contribution >= 4 is 40.5 Å². The molecule has 0 unspecified atom stereocenters. The summed E-state index contributed by atoms with van der Waals surface area (Å²) in [6.07, 6.45) is 1.75. The maximum absolute atomic E-state index is 9.50. The fraction of sp³-hybridized carbons (Fsp3) is 0.200. The molecule has 2 aromatic heterocycles. The molecule has 1 aromatic carbocycles. The number of aliphatic hydroxyl groups is 1. The summed E-state index contributed by atoms with van der Waals surface area (Å²) >= 11 is 17.6. The normalized spacial score (nSPS) is 19.1. The van der Waals surface area contributed by atoms with Crippen LogP contribution in [0.5, 0.6) is 0 Å². The molecule has 0 bridgehead atoms. The highest BCUT2D eigenvalue weighted by Crippen LogP contribution is 2.40. The average molecular weight is 434 g/mol. The number of pyridine rings is 1. The first-order valence-corrected chi connectivity index (χ1v) is 9.89. The fourth-order valence-electron chi connectivity index (χ4n) is 3.38. The van der Waals surface area contributed by atoms with E-state index in [0.717, 1.165) is 17.0 Å². The largest absolute Gasteiger partial charge is 0.459 e.